The van der Waals surface area contributed by atoms with Gasteiger partial charge in [0.25, 0.3) is 0 Å². The molecule has 0 amide bonds. The first-order chi connectivity index (χ1) is 14.9. The number of carbonyl (C=O) groups excluding carboxylic acids is 2. The number of ether oxygens (including phenoxy) is 2. The van der Waals surface area contributed by atoms with Crippen molar-refractivity contribution >= 4 is 29.0 Å². The van der Waals surface area contributed by atoms with Gasteiger partial charge in [-0.1, -0.05) is 19.6 Å². The molecule has 31 heavy (non-hydrogen) atoms. The predicted molar refractivity (Wildman–Crippen MR) is 122 cm³/mol. The molecule has 158 valence electrons. The highest BCUT2D eigenvalue weighted by Gasteiger charge is 2.14. The normalized spacial score (nSPS) is 10.3. The number of carbonyl (C=O) groups is 2. The van der Waals surface area contributed by atoms with Gasteiger partial charge >= 0.3 is 11.9 Å². The summed E-state index contributed by atoms with van der Waals surface area (Å²) in [6.45, 7) is 9.32. The zero-order chi connectivity index (χ0) is 22.4. The average Bonchev–Trinajstić information content (AvgIpc) is 2.78. The summed E-state index contributed by atoms with van der Waals surface area (Å²) in [5.74, 6) is 0.164. The summed E-state index contributed by atoms with van der Waals surface area (Å²) in [6, 6.07) is 20.8. The second kappa shape index (κ2) is 9.76. The van der Waals surface area contributed by atoms with Crippen LogP contribution in [0, 0.1) is 13.8 Å². The van der Waals surface area contributed by atoms with Crippen LogP contribution in [0.1, 0.15) is 24.5 Å². The average molecular weight is 415 g/mol. The monoisotopic (exact) mass is 415 g/mol. The Bertz CT molecular complexity index is 1090. The zero-order valence-corrected chi connectivity index (χ0v) is 17.9. The van der Waals surface area contributed by atoms with Crippen molar-refractivity contribution < 1.29 is 19.1 Å². The third-order valence-electron chi connectivity index (χ3n) is 4.84. The van der Waals surface area contributed by atoms with E-state index in [0.29, 0.717) is 17.9 Å². The molecule has 0 N–H and O–H groups in total. The summed E-state index contributed by atoms with van der Waals surface area (Å²) in [7, 11) is 0. The second-order valence-corrected chi connectivity index (χ2v) is 7.04. The van der Waals surface area contributed by atoms with Crippen molar-refractivity contribution in [1.82, 2.24) is 0 Å². The highest BCUT2D eigenvalue weighted by Crippen LogP contribution is 2.36. The Balaban J connectivity index is 1.99. The van der Waals surface area contributed by atoms with Crippen molar-refractivity contribution in [3.05, 3.63) is 90.5 Å². The van der Waals surface area contributed by atoms with Gasteiger partial charge in [0.1, 0.15) is 11.5 Å². The number of nitrogens with zero attached hydrogens (tertiary/aromatic N) is 1. The lowest BCUT2D eigenvalue weighted by Gasteiger charge is -2.26. The minimum Gasteiger partial charge on any atom is -0.427 e. The first-order valence-electron chi connectivity index (χ1n) is 10.0. The van der Waals surface area contributed by atoms with Gasteiger partial charge in [-0.25, -0.2) is 4.79 Å². The van der Waals surface area contributed by atoms with Gasteiger partial charge in [-0.05, 0) is 85.6 Å². The maximum absolute atomic E-state index is 11.6. The van der Waals surface area contributed by atoms with E-state index in [-0.39, 0.29) is 5.97 Å². The van der Waals surface area contributed by atoms with Crippen LogP contribution in [0.4, 0.5) is 17.1 Å². The van der Waals surface area contributed by atoms with Gasteiger partial charge in [-0.2, -0.15) is 0 Å². The van der Waals surface area contributed by atoms with Gasteiger partial charge in [-0.15, -0.1) is 0 Å². The third kappa shape index (κ3) is 5.39. The first-order valence-corrected chi connectivity index (χ1v) is 10.0. The lowest BCUT2D eigenvalue weighted by molar-refractivity contribution is -0.134. The Morgan fingerprint density at radius 2 is 1.32 bits per heavy atom. The van der Waals surface area contributed by atoms with E-state index in [1.54, 1.807) is 31.2 Å². The van der Waals surface area contributed by atoms with Crippen molar-refractivity contribution in [3.8, 4) is 11.5 Å². The summed E-state index contributed by atoms with van der Waals surface area (Å²) < 4.78 is 10.5. The van der Waals surface area contributed by atoms with Gasteiger partial charge in [0, 0.05) is 29.6 Å². The third-order valence-corrected chi connectivity index (χ3v) is 4.84. The van der Waals surface area contributed by atoms with Crippen LogP contribution in [0.5, 0.6) is 11.5 Å². The molecule has 0 radical (unpaired) electrons. The maximum Gasteiger partial charge on any atom is 0.335 e. The van der Waals surface area contributed by atoms with Crippen LogP contribution in [0.2, 0.25) is 0 Å². The quantitative estimate of drug-likeness (QED) is 0.262. The van der Waals surface area contributed by atoms with Gasteiger partial charge in [0.15, 0.2) is 0 Å². The van der Waals surface area contributed by atoms with E-state index in [1.807, 2.05) is 24.3 Å². The molecule has 0 unspecified atom stereocenters. The van der Waals surface area contributed by atoms with Gasteiger partial charge in [0.05, 0.1) is 0 Å². The number of hydrogen-bond donors (Lipinski definition) is 0. The predicted octanol–water partition coefficient (Wildman–Crippen LogP) is 6.18. The summed E-state index contributed by atoms with van der Waals surface area (Å²) in [5.41, 5.74) is 5.15. The summed E-state index contributed by atoms with van der Waals surface area (Å²) >= 11 is 0. The molecule has 0 heterocycles. The van der Waals surface area contributed by atoms with Crippen molar-refractivity contribution in [3.63, 3.8) is 0 Å². The highest BCUT2D eigenvalue weighted by atomic mass is 16.5. The summed E-state index contributed by atoms with van der Waals surface area (Å²) in [5, 5.41) is 0. The van der Waals surface area contributed by atoms with Crippen LogP contribution in [-0.2, 0) is 9.59 Å². The maximum atomic E-state index is 11.6. The molecule has 3 aromatic carbocycles. The summed E-state index contributed by atoms with van der Waals surface area (Å²) in [4.78, 5) is 25.1. The van der Waals surface area contributed by atoms with E-state index >= 15 is 0 Å². The molecule has 0 aliphatic rings. The molecular formula is C26H25NO4. The topological polar surface area (TPSA) is 55.8 Å². The minimum atomic E-state index is -0.504. The first kappa shape index (κ1) is 21.8. The van der Waals surface area contributed by atoms with Crippen molar-refractivity contribution in [2.24, 2.45) is 0 Å². The fourth-order valence-electron chi connectivity index (χ4n) is 3.00. The van der Waals surface area contributed by atoms with E-state index in [2.05, 4.69) is 43.5 Å². The van der Waals surface area contributed by atoms with Gasteiger partial charge < -0.3 is 14.4 Å². The molecule has 0 fully saturated rings. The Hall–Kier alpha value is -3.86. The lowest BCUT2D eigenvalue weighted by Crippen LogP contribution is -2.11. The van der Waals surface area contributed by atoms with Crippen LogP contribution in [0.15, 0.2) is 79.4 Å². The standard InChI is InChI=1S/C26H25NO4/c1-5-25(28)30-23-13-9-20(10-14-23)27(22-8-7-18(3)19(4)17-22)21-11-15-24(16-12-21)31-26(29)6-2/h5,7-17H,1,6H2,2-4H3. The smallest absolute Gasteiger partial charge is 0.335 e. The van der Waals surface area contributed by atoms with Crippen LogP contribution in [0.25, 0.3) is 0 Å². The largest absolute Gasteiger partial charge is 0.427 e. The van der Waals surface area contributed by atoms with Gasteiger partial charge in [0.2, 0.25) is 0 Å². The van der Waals surface area contributed by atoms with Crippen molar-refractivity contribution in [2.75, 3.05) is 4.90 Å². The second-order valence-electron chi connectivity index (χ2n) is 7.04. The van der Waals surface area contributed by atoms with Crippen LogP contribution >= 0.6 is 0 Å². The lowest BCUT2D eigenvalue weighted by atomic mass is 10.1. The van der Waals surface area contributed by atoms with Crippen LogP contribution in [-0.4, -0.2) is 11.9 Å². The molecule has 0 saturated carbocycles. The molecule has 0 bridgehead atoms. The molecule has 0 aliphatic heterocycles. The zero-order valence-electron chi connectivity index (χ0n) is 17.9. The van der Waals surface area contributed by atoms with E-state index in [1.165, 1.54) is 11.1 Å². The molecule has 0 atom stereocenters. The fraction of sp³-hybridized carbons (Fsp3) is 0.154. The highest BCUT2D eigenvalue weighted by molar-refractivity contribution is 5.84. The molecule has 5 nitrogen and oxygen atoms in total. The van der Waals surface area contributed by atoms with E-state index in [9.17, 15) is 9.59 Å². The Kier molecular flexibility index (Phi) is 6.88. The Morgan fingerprint density at radius 3 is 1.81 bits per heavy atom. The molecule has 0 aromatic heterocycles. The van der Waals surface area contributed by atoms with E-state index in [4.69, 9.17) is 9.47 Å². The molecule has 3 rings (SSSR count). The Labute approximate surface area is 182 Å². The number of aryl methyl sites for hydroxylation is 2. The molecule has 5 heteroatoms. The van der Waals surface area contributed by atoms with Crippen molar-refractivity contribution in [1.29, 1.82) is 0 Å². The van der Waals surface area contributed by atoms with Gasteiger partial charge in [-0.3, -0.25) is 4.79 Å². The number of esters is 2. The number of hydrogen-bond acceptors (Lipinski definition) is 5. The number of rotatable bonds is 7. The molecule has 3 aromatic rings. The molecule has 0 spiro atoms. The minimum absolute atomic E-state index is 0.275. The molecular weight excluding hydrogens is 390 g/mol. The van der Waals surface area contributed by atoms with Crippen LogP contribution < -0.4 is 14.4 Å². The molecule has 0 saturated heterocycles. The van der Waals surface area contributed by atoms with E-state index < -0.39 is 5.97 Å². The van der Waals surface area contributed by atoms with Crippen molar-refractivity contribution in [2.45, 2.75) is 27.2 Å². The van der Waals surface area contributed by atoms with E-state index in [0.717, 1.165) is 23.1 Å². The number of anilines is 3. The van der Waals surface area contributed by atoms with Crippen LogP contribution in [0.3, 0.4) is 0 Å². The molecule has 0 aliphatic carbocycles. The SMILES string of the molecule is C=CC(=O)Oc1ccc(N(c2ccc(OC(=O)CC)cc2)c2ccc(C)c(C)c2)cc1. The fourth-order valence-corrected chi connectivity index (χ4v) is 3.00. The Morgan fingerprint density at radius 1 is 0.806 bits per heavy atom. The summed E-state index contributed by atoms with van der Waals surface area (Å²) in [6.07, 6.45) is 1.45. The number of benzene rings is 3.